The zero-order chi connectivity index (χ0) is 93.6. The highest BCUT2D eigenvalue weighted by Gasteiger charge is 2.47. The summed E-state index contributed by atoms with van der Waals surface area (Å²) >= 11 is 0. The van der Waals surface area contributed by atoms with Gasteiger partial charge in [-0.25, -0.2) is 48.1 Å². The molecule has 678 valence electrons. The molecule has 1 aliphatic heterocycles. The number of carbonyl (C=O) groups excluding carboxylic acids is 4. The number of hydrogen-bond acceptors (Lipinski definition) is 37. The van der Waals surface area contributed by atoms with Crippen molar-refractivity contribution in [3.8, 4) is 57.8 Å². The summed E-state index contributed by atoms with van der Waals surface area (Å²) in [5.74, 6) is 2.72. The Hall–Kier alpha value is -17.5. The number of carboxylic acids is 1. The smallest absolute Gasteiger partial charge is 0.338 e. The molecule has 20 rings (SSSR count). The van der Waals surface area contributed by atoms with Crippen molar-refractivity contribution in [2.24, 2.45) is 0 Å². The number of nitrogen functional groups attached to an aromatic ring is 4. The predicted molar refractivity (Wildman–Crippen MR) is 474 cm³/mol. The average Bonchev–Trinajstić information content (AvgIpc) is 1.42. The summed E-state index contributed by atoms with van der Waals surface area (Å²) in [6, 6.07) is 41.8. The first kappa shape index (κ1) is 87.5. The number of nitrogens with one attached hydrogen (secondary N) is 1. The van der Waals surface area contributed by atoms with Crippen molar-refractivity contribution < 1.29 is 85.0 Å². The molecule has 1 fully saturated rings. The Morgan fingerprint density at radius 2 is 0.782 bits per heavy atom. The second kappa shape index (κ2) is 34.9. The van der Waals surface area contributed by atoms with Gasteiger partial charge in [-0.05, 0) is 153 Å². The van der Waals surface area contributed by atoms with Crippen LogP contribution in [-0.2, 0) is 55.5 Å². The monoisotopic (exact) mass is 1810 g/mol. The number of esters is 2. The number of ketones is 2. The van der Waals surface area contributed by atoms with E-state index in [0.717, 1.165) is 0 Å². The first-order valence-electron chi connectivity index (χ1n) is 40.6. The number of benzene rings is 4. The Balaban J connectivity index is 0.000000124. The van der Waals surface area contributed by atoms with E-state index < -0.39 is 45.7 Å². The second-order valence-corrected chi connectivity index (χ2v) is 30.9. The molecule has 11 N–H and O–H groups in total. The lowest BCUT2D eigenvalue weighted by atomic mass is 9.83. The van der Waals surface area contributed by atoms with Gasteiger partial charge in [0.25, 0.3) is 0 Å². The Kier molecular flexibility index (Phi) is 23.0. The molecule has 19 aromatic rings. The number of ether oxygens (including phenoxy) is 7. The fraction of sp³-hybridized carbons (Fsp3) is 0.227. The summed E-state index contributed by atoms with van der Waals surface area (Å²) in [6.07, 6.45) is 12.5. The van der Waals surface area contributed by atoms with E-state index in [4.69, 9.17) is 73.8 Å². The lowest BCUT2D eigenvalue weighted by molar-refractivity contribution is -0.182. The van der Waals surface area contributed by atoms with Crippen molar-refractivity contribution in [3.63, 3.8) is 0 Å². The molecule has 4 aromatic carbocycles. The molecule has 0 saturated carbocycles. The Bertz CT molecular complexity index is 7600. The fourth-order valence-electron chi connectivity index (χ4n) is 15.4. The number of nitrogens with zero attached hydrogens (tertiary/aromatic N) is 22. The van der Waals surface area contributed by atoms with Crippen LogP contribution >= 0.6 is 0 Å². The van der Waals surface area contributed by atoms with Crippen LogP contribution in [0.5, 0.6) is 23.0 Å². The summed E-state index contributed by atoms with van der Waals surface area (Å²) in [7, 11) is 8.78. The molecule has 0 radical (unpaired) electrons. The lowest BCUT2D eigenvalue weighted by Gasteiger charge is -2.37. The van der Waals surface area contributed by atoms with Crippen LogP contribution in [0.3, 0.4) is 0 Å². The number of carbonyl (C=O) groups is 5. The van der Waals surface area contributed by atoms with Gasteiger partial charge in [0.05, 0.1) is 134 Å². The van der Waals surface area contributed by atoms with E-state index in [2.05, 4.69) is 80.9 Å². The van der Waals surface area contributed by atoms with Gasteiger partial charge in [0.1, 0.15) is 40.0 Å². The third-order valence-corrected chi connectivity index (χ3v) is 22.9. The van der Waals surface area contributed by atoms with Crippen molar-refractivity contribution in [1.82, 2.24) is 108 Å². The zero-order valence-electron chi connectivity index (χ0n) is 72.6. The first-order chi connectivity index (χ1) is 64.1. The molecular formula is C88H83N27O18. The third-order valence-electron chi connectivity index (χ3n) is 22.9. The molecule has 1 aliphatic rings. The maximum Gasteiger partial charge on any atom is 0.338 e. The fourth-order valence-corrected chi connectivity index (χ4v) is 15.4. The van der Waals surface area contributed by atoms with Crippen LogP contribution in [0.15, 0.2) is 213 Å². The van der Waals surface area contributed by atoms with Gasteiger partial charge >= 0.3 is 17.9 Å². The molecule has 1 saturated heterocycles. The molecule has 0 bridgehead atoms. The minimum absolute atomic E-state index is 0.0351. The van der Waals surface area contributed by atoms with Gasteiger partial charge in [0, 0.05) is 6.42 Å². The van der Waals surface area contributed by atoms with E-state index in [-0.39, 0.29) is 85.0 Å². The molecule has 0 aliphatic carbocycles. The number of aliphatic carboxylic acids is 1. The summed E-state index contributed by atoms with van der Waals surface area (Å²) in [5, 5.41) is 56.8. The van der Waals surface area contributed by atoms with Crippen molar-refractivity contribution in [2.75, 3.05) is 90.7 Å². The molecule has 133 heavy (non-hydrogen) atoms. The van der Waals surface area contributed by atoms with Gasteiger partial charge in [-0.15, -0.1) is 15.3 Å². The summed E-state index contributed by atoms with van der Waals surface area (Å²) < 4.78 is 68.0. The molecule has 0 spiro atoms. The van der Waals surface area contributed by atoms with Crippen molar-refractivity contribution in [2.45, 2.75) is 68.3 Å². The van der Waals surface area contributed by atoms with E-state index >= 15 is 0 Å². The van der Waals surface area contributed by atoms with E-state index in [0.29, 0.717) is 136 Å². The second-order valence-electron chi connectivity index (χ2n) is 30.9. The maximum absolute atomic E-state index is 13.9. The highest BCUT2D eigenvalue weighted by atomic mass is 16.5. The number of aliphatic hydroxyl groups is 1. The molecule has 4 unspecified atom stereocenters. The minimum atomic E-state index is -1.59. The number of hydrogen-bond donors (Lipinski definition) is 7. The quantitative estimate of drug-likeness (QED) is 0.0196. The van der Waals surface area contributed by atoms with Crippen LogP contribution in [-0.4, -0.2) is 216 Å². The van der Waals surface area contributed by atoms with Crippen LogP contribution in [0, 0.1) is 0 Å². The maximum atomic E-state index is 13.9. The van der Waals surface area contributed by atoms with Crippen LogP contribution in [0.1, 0.15) is 73.3 Å². The van der Waals surface area contributed by atoms with Gasteiger partial charge in [0.2, 0.25) is 47.0 Å². The number of anilines is 5. The number of Topliss-reactive ketones (excluding diaryl/α,β-unsaturated/α-hetero) is 2. The summed E-state index contributed by atoms with van der Waals surface area (Å²) in [4.78, 5) is 100. The van der Waals surface area contributed by atoms with Crippen LogP contribution in [0.2, 0.25) is 0 Å². The molecule has 0 amide bonds. The summed E-state index contributed by atoms with van der Waals surface area (Å²) in [6.45, 7) is 7.00. The van der Waals surface area contributed by atoms with Crippen molar-refractivity contribution in [1.29, 1.82) is 0 Å². The zero-order valence-corrected chi connectivity index (χ0v) is 72.6. The lowest BCUT2D eigenvalue weighted by Crippen LogP contribution is -2.50. The summed E-state index contributed by atoms with van der Waals surface area (Å²) in [5.41, 5.74) is 22.7. The molecule has 45 heteroatoms. The molecule has 4 atom stereocenters. The molecule has 16 heterocycles. The number of aromatic nitrogens is 22. The van der Waals surface area contributed by atoms with E-state index in [1.54, 1.807) is 186 Å². The SMILES string of the molecule is COC(=O)C(C)(c1cccc(OC)c1)n1ncc2c(NCC(=O)c3ccco3)nc(N)nc21.COC(=O)C(C)(c1cccc(OC)c1)n1ncc2c1nc(N)n1nc(-c3ccco3)nc21.COc1cccc(C(C)(C(=O)CCC2(O)COC2)n2ncc3c2nc(N)n2nc(-c4ccco4)nc32)c1.COc1cccc(C(C)(C(=O)O)n2ncc3c2nc(N)n2nc(-c4ccco4)nc32)c1. The molecular weight excluding hydrogens is 1720 g/mol. The van der Waals surface area contributed by atoms with E-state index in [1.807, 2.05) is 12.1 Å². The average molecular weight is 1810 g/mol. The number of furan rings is 4. The van der Waals surface area contributed by atoms with Crippen LogP contribution in [0.25, 0.3) is 95.8 Å². The van der Waals surface area contributed by atoms with Gasteiger partial charge in [-0.2, -0.15) is 58.9 Å². The van der Waals surface area contributed by atoms with Gasteiger partial charge in [-0.1, -0.05) is 48.5 Å². The number of fused-ring (bicyclic) bond motifs is 10. The third kappa shape index (κ3) is 15.5. The number of rotatable bonds is 26. The number of methoxy groups -OCH3 is 6. The van der Waals surface area contributed by atoms with Crippen molar-refractivity contribution in [3.05, 3.63) is 223 Å². The Labute approximate surface area is 749 Å². The van der Waals surface area contributed by atoms with Gasteiger partial charge in [-0.3, -0.25) is 9.59 Å². The standard InChI is InChI=1S/C25H25N7O5.C22H22N6O5.C21H19N7O4.C20H17N7O4/c1-24(15-5-3-6-16(11-15)35-2,19(33)8-9-25(34)13-36-14-25)32-22-17(12-27-32)21-28-20(18-7-4-10-37-18)30-31(21)23(26)29-22;1-22(20(30)32-3,13-6-4-7-14(10-13)31-2)28-19-15(11-25-28)18(26-21(23)27-19)24-12-16(29)17-8-5-9-33-17;1-21(19(29)31-3,12-6-4-7-13(10-12)30-2)28-18-14(11-23-28)17-24-16(15-8-5-9-32-15)26-27(17)20(22)25-18;1-20(18(28)29,11-5-3-6-12(9-11)30-2)27-17-13(10-22-27)16-23-15(14-7-4-8-31-14)25-26(16)19(21)24-17/h3-7,10-12,34H,8-9,13-14H2,1-2H3,(H2,26,29);4-11H,12H2,1-3H3,(H3,23,24,26,27);4-11H,1-3H3,(H2,22,25);3-10H,1-2H3,(H2,21,24)(H,28,29). The number of nitrogens with two attached hydrogens (primary N) is 4. The van der Waals surface area contributed by atoms with Gasteiger partial charge < -0.3 is 89.3 Å². The minimum Gasteiger partial charge on any atom is -0.497 e. The Morgan fingerprint density at radius 1 is 0.429 bits per heavy atom. The topological polar surface area (TPSA) is 585 Å². The number of carboxylic acid groups (broad SMARTS) is 1. The molecule has 45 nitrogen and oxygen atoms in total. The van der Waals surface area contributed by atoms with Crippen molar-refractivity contribution >= 4 is 120 Å². The van der Waals surface area contributed by atoms with E-state index in [9.17, 15) is 34.2 Å². The normalized spacial score (nSPS) is 14.1. The van der Waals surface area contributed by atoms with E-state index in [1.165, 1.54) is 100 Å². The van der Waals surface area contributed by atoms with Gasteiger partial charge in [0.15, 0.2) is 85.0 Å². The highest BCUT2D eigenvalue weighted by molar-refractivity contribution is 6.00. The van der Waals surface area contributed by atoms with Crippen LogP contribution < -0.4 is 47.2 Å². The largest absolute Gasteiger partial charge is 0.497 e. The highest BCUT2D eigenvalue weighted by Crippen LogP contribution is 2.41. The Morgan fingerprint density at radius 3 is 1.13 bits per heavy atom. The predicted octanol–water partition coefficient (Wildman–Crippen LogP) is 8.87. The molecule has 15 aromatic heterocycles. The first-order valence-corrected chi connectivity index (χ1v) is 40.6. The van der Waals surface area contributed by atoms with Crippen LogP contribution in [0.4, 0.5) is 29.6 Å².